The minimum Gasteiger partial charge on any atom is -0.493 e. The fraction of sp³-hybridized carbons (Fsp3) is 0.357. The number of methoxy groups -OCH3 is 1. The van der Waals surface area contributed by atoms with Gasteiger partial charge in [-0.1, -0.05) is 6.07 Å². The van der Waals surface area contributed by atoms with E-state index >= 15 is 0 Å². The topological polar surface area (TPSA) is 102 Å². The number of carbonyl (C=O) groups is 3. The van der Waals surface area contributed by atoms with Crippen molar-refractivity contribution in [2.45, 2.75) is 26.2 Å². The Morgan fingerprint density at radius 2 is 2.05 bits per heavy atom. The molecule has 1 rings (SSSR count). The first-order valence-electron chi connectivity index (χ1n) is 7.34. The fourth-order valence-corrected chi connectivity index (χ4v) is 1.44. The summed E-state index contributed by atoms with van der Waals surface area (Å²) in [5.74, 6) is -3.38. The van der Waals surface area contributed by atoms with Crippen LogP contribution in [-0.2, 0) is 20.8 Å². The Balaban J connectivity index is 3.42. The average molecular weight is 298 g/mol. The van der Waals surface area contributed by atoms with Crippen molar-refractivity contribution in [3.8, 4) is 11.5 Å². The molecule has 0 unspecified atom stereocenters. The predicted molar refractivity (Wildman–Crippen MR) is 73.2 cm³/mol. The molecule has 0 aliphatic heterocycles. The van der Waals surface area contributed by atoms with Gasteiger partial charge >= 0.3 is 11.9 Å². The van der Waals surface area contributed by atoms with Gasteiger partial charge < -0.3 is 19.9 Å². The van der Waals surface area contributed by atoms with Gasteiger partial charge in [0.05, 0.1) is 8.48 Å². The number of ether oxygens (including phenoxy) is 2. The summed E-state index contributed by atoms with van der Waals surface area (Å²) in [6.45, 7) is 2.15. The van der Waals surface area contributed by atoms with Crippen LogP contribution >= 0.6 is 0 Å². The van der Waals surface area contributed by atoms with Crippen molar-refractivity contribution in [1.82, 2.24) is 5.32 Å². The molecule has 7 heteroatoms. The normalized spacial score (nSPS) is 15.7. The van der Waals surface area contributed by atoms with E-state index in [0.29, 0.717) is 0 Å². The number of esters is 1. The molecule has 0 saturated heterocycles. The lowest BCUT2D eigenvalue weighted by atomic mass is 10.1. The third-order valence-electron chi connectivity index (χ3n) is 2.20. The van der Waals surface area contributed by atoms with Crippen molar-refractivity contribution in [2.24, 2.45) is 0 Å². The number of carboxylic acid groups (broad SMARTS) is 1. The number of hydrogen-bond acceptors (Lipinski definition) is 5. The Bertz CT molecular complexity index is 678. The Morgan fingerprint density at radius 1 is 1.38 bits per heavy atom. The van der Waals surface area contributed by atoms with Crippen molar-refractivity contribution in [1.29, 1.82) is 0 Å². The summed E-state index contributed by atoms with van der Waals surface area (Å²) in [6.07, 6.45) is -2.81. The molecule has 2 N–H and O–H groups in total. The highest BCUT2D eigenvalue weighted by Gasteiger charge is 2.19. The van der Waals surface area contributed by atoms with Crippen LogP contribution in [0.1, 0.15) is 23.5 Å². The van der Waals surface area contributed by atoms with Gasteiger partial charge in [-0.25, -0.2) is 4.79 Å². The number of nitrogens with one attached hydrogen (secondary N) is 1. The van der Waals surface area contributed by atoms with Crippen LogP contribution in [0.5, 0.6) is 11.5 Å². The van der Waals surface area contributed by atoms with E-state index in [9.17, 15) is 19.5 Å². The maximum absolute atomic E-state index is 11.4. The van der Waals surface area contributed by atoms with Crippen LogP contribution in [-0.4, -0.2) is 36.1 Å². The number of hydrogen-bond donors (Lipinski definition) is 2. The Hall–Kier alpha value is -2.57. The summed E-state index contributed by atoms with van der Waals surface area (Å²) >= 11 is 0. The summed E-state index contributed by atoms with van der Waals surface area (Å²) in [5, 5.41) is 11.0. The zero-order chi connectivity index (χ0) is 18.7. The number of benzene rings is 1. The highest BCUT2D eigenvalue weighted by molar-refractivity contribution is 5.82. The largest absolute Gasteiger partial charge is 0.493 e. The lowest BCUT2D eigenvalue weighted by Gasteiger charge is -2.15. The third-order valence-corrected chi connectivity index (χ3v) is 2.20. The summed E-state index contributed by atoms with van der Waals surface area (Å²) in [6, 6.07) is 0.497. The molecule has 1 atom stereocenters. The molecular formula is C14H17NO6. The molecule has 0 heterocycles. The molecule has 0 spiro atoms. The van der Waals surface area contributed by atoms with Crippen LogP contribution < -0.4 is 14.8 Å². The number of carbonyl (C=O) groups excluding carboxylic acids is 2. The van der Waals surface area contributed by atoms with Gasteiger partial charge in [0.2, 0.25) is 5.91 Å². The molecule has 0 bridgehead atoms. The molecule has 0 aliphatic rings. The molecule has 0 saturated carbocycles. The smallest absolute Gasteiger partial charge is 0.326 e. The second-order valence-electron chi connectivity index (χ2n) is 3.95. The highest BCUT2D eigenvalue weighted by Crippen LogP contribution is 2.28. The maximum Gasteiger partial charge on any atom is 0.326 e. The number of aliphatic carboxylic acids is 1. The second-order valence-corrected chi connectivity index (χ2v) is 3.95. The number of carboxylic acids is 1. The summed E-state index contributed by atoms with van der Waals surface area (Å²) < 4.78 is 33.9. The first-order valence-corrected chi connectivity index (χ1v) is 5.84. The summed E-state index contributed by atoms with van der Waals surface area (Å²) in [7, 11) is 1.25. The number of rotatable bonds is 6. The van der Waals surface area contributed by atoms with Gasteiger partial charge in [0.25, 0.3) is 0 Å². The first-order chi connectivity index (χ1) is 11.0. The zero-order valence-corrected chi connectivity index (χ0v) is 11.7. The third kappa shape index (κ3) is 5.13. The van der Waals surface area contributed by atoms with Gasteiger partial charge in [-0.05, 0) is 17.7 Å². The Kier molecular flexibility index (Phi) is 4.22. The molecule has 0 aliphatic carbocycles. The predicted octanol–water partition coefficient (Wildman–Crippen LogP) is 0.752. The molecule has 1 aromatic rings. The Labute approximate surface area is 126 Å². The van der Waals surface area contributed by atoms with Gasteiger partial charge in [-0.15, -0.1) is 0 Å². The molecule has 114 valence electrons. The fourth-order valence-electron chi connectivity index (χ4n) is 1.44. The SMILES string of the molecule is [2H]C([2H])(c1ccc(OC(C)=O)c(OC)c1)[C@@]([2H])(NC(C)=O)C(=O)O. The van der Waals surface area contributed by atoms with E-state index in [2.05, 4.69) is 0 Å². The molecular weight excluding hydrogens is 278 g/mol. The van der Waals surface area contributed by atoms with E-state index in [-0.39, 0.29) is 17.1 Å². The summed E-state index contributed by atoms with van der Waals surface area (Å²) in [4.78, 5) is 33.6. The highest BCUT2D eigenvalue weighted by atomic mass is 16.6. The standard InChI is InChI=1S/C14H17NO6/c1-8(16)15-11(14(18)19)6-10-4-5-12(21-9(2)17)13(7-10)20-3/h4-5,7,11H,6H2,1-3H3,(H,15,16)(H,18,19)/t11-/m1/s1/i6D2,11D. The average Bonchev–Trinajstić information content (AvgIpc) is 2.45. The Morgan fingerprint density at radius 3 is 2.52 bits per heavy atom. The number of amides is 1. The van der Waals surface area contributed by atoms with Crippen LogP contribution in [0.3, 0.4) is 0 Å². The quantitative estimate of drug-likeness (QED) is 0.593. The van der Waals surface area contributed by atoms with Crippen molar-refractivity contribution in [2.75, 3.05) is 7.11 Å². The zero-order valence-electron chi connectivity index (χ0n) is 14.7. The van der Waals surface area contributed by atoms with Gasteiger partial charge in [-0.3, -0.25) is 9.59 Å². The summed E-state index contributed by atoms with van der Waals surface area (Å²) in [5.41, 5.74) is -0.249. The van der Waals surface area contributed by atoms with Crippen LogP contribution in [0.15, 0.2) is 18.2 Å². The van der Waals surface area contributed by atoms with Gasteiger partial charge in [0, 0.05) is 23.0 Å². The van der Waals surface area contributed by atoms with E-state index < -0.39 is 30.2 Å². The van der Waals surface area contributed by atoms with Crippen molar-refractivity contribution < 1.29 is 33.1 Å². The van der Waals surface area contributed by atoms with Crippen LogP contribution in [0.25, 0.3) is 0 Å². The molecule has 1 amide bonds. The van der Waals surface area contributed by atoms with E-state index in [1.165, 1.54) is 20.1 Å². The van der Waals surface area contributed by atoms with Crippen molar-refractivity contribution >= 4 is 17.8 Å². The molecule has 0 radical (unpaired) electrons. The van der Waals surface area contributed by atoms with Crippen molar-refractivity contribution in [3.63, 3.8) is 0 Å². The maximum atomic E-state index is 11.4. The van der Waals surface area contributed by atoms with E-state index in [0.717, 1.165) is 19.1 Å². The van der Waals surface area contributed by atoms with Crippen LogP contribution in [0.4, 0.5) is 0 Å². The molecule has 0 aromatic heterocycles. The first kappa shape index (κ1) is 12.2. The lowest BCUT2D eigenvalue weighted by molar-refractivity contribution is -0.141. The van der Waals surface area contributed by atoms with Gasteiger partial charge in [0.1, 0.15) is 6.02 Å². The van der Waals surface area contributed by atoms with Crippen LogP contribution in [0.2, 0.25) is 0 Å². The van der Waals surface area contributed by atoms with Crippen LogP contribution in [0, 0.1) is 0 Å². The molecule has 0 fully saturated rings. The van der Waals surface area contributed by atoms with Crippen molar-refractivity contribution in [3.05, 3.63) is 23.8 Å². The van der Waals surface area contributed by atoms with E-state index in [1.807, 2.05) is 0 Å². The molecule has 1 aromatic carbocycles. The minimum atomic E-state index is -2.97. The van der Waals surface area contributed by atoms with Gasteiger partial charge in [-0.2, -0.15) is 0 Å². The second kappa shape index (κ2) is 7.28. The minimum absolute atomic E-state index is 0.00924. The monoisotopic (exact) mass is 298 g/mol. The lowest BCUT2D eigenvalue weighted by Crippen LogP contribution is -2.41. The molecule has 21 heavy (non-hydrogen) atoms. The molecule has 7 nitrogen and oxygen atoms in total. The van der Waals surface area contributed by atoms with E-state index in [1.54, 1.807) is 5.32 Å². The van der Waals surface area contributed by atoms with E-state index in [4.69, 9.17) is 13.6 Å². The van der Waals surface area contributed by atoms with Gasteiger partial charge in [0.15, 0.2) is 11.5 Å².